The first-order valence-corrected chi connectivity index (χ1v) is 11.3. The molecule has 0 aliphatic heterocycles. The Morgan fingerprint density at radius 2 is 1.84 bits per heavy atom. The Bertz CT molecular complexity index is 1040. The van der Waals surface area contributed by atoms with E-state index in [1.54, 1.807) is 25.1 Å². The monoisotopic (exact) mass is 454 g/mol. The molecule has 2 amide bonds. The molecular weight excluding hydrogens is 432 g/mol. The lowest BCUT2D eigenvalue weighted by Gasteiger charge is -2.11. The highest BCUT2D eigenvalue weighted by atomic mass is 32.2. The number of hydrogen-bond acceptors (Lipinski definition) is 7. The van der Waals surface area contributed by atoms with Crippen LogP contribution in [0.2, 0.25) is 0 Å². The minimum absolute atomic E-state index is 0.152. The lowest BCUT2D eigenvalue weighted by molar-refractivity contribution is -0.115. The lowest BCUT2D eigenvalue weighted by Crippen LogP contribution is -2.22. The maximum Gasteiger partial charge on any atom is 0.250 e. The number of benzene rings is 2. The summed E-state index contributed by atoms with van der Waals surface area (Å²) < 4.78 is 5.99. The Kier molecular flexibility index (Phi) is 8.19. The lowest BCUT2D eigenvalue weighted by atomic mass is 10.2. The molecule has 3 aromatic rings. The highest BCUT2D eigenvalue weighted by molar-refractivity contribution is 8.02. The average molecular weight is 455 g/mol. The summed E-state index contributed by atoms with van der Waals surface area (Å²) >= 11 is 2.50. The Hall–Kier alpha value is -3.17. The van der Waals surface area contributed by atoms with E-state index in [9.17, 15) is 9.59 Å². The second kappa shape index (κ2) is 11.3. The number of hydrogen-bond donors (Lipinski definition) is 2. The first-order valence-electron chi connectivity index (χ1n) is 9.61. The summed E-state index contributed by atoms with van der Waals surface area (Å²) in [5, 5.41) is 13.6. The fourth-order valence-electron chi connectivity index (χ4n) is 2.44. The molecule has 2 aromatic carbocycles. The summed E-state index contributed by atoms with van der Waals surface area (Å²) in [6.45, 7) is 4.30. The number of ether oxygens (including phenoxy) is 1. The quantitative estimate of drug-likeness (QED) is 0.276. The summed E-state index contributed by atoms with van der Waals surface area (Å²) in [6.07, 6.45) is 3.16. The average Bonchev–Trinajstić information content (AvgIpc) is 3.21. The van der Waals surface area contributed by atoms with E-state index in [0.717, 1.165) is 11.3 Å². The van der Waals surface area contributed by atoms with Gasteiger partial charge in [-0.2, -0.15) is 0 Å². The van der Waals surface area contributed by atoms with Crippen molar-refractivity contribution in [2.45, 2.75) is 23.4 Å². The summed E-state index contributed by atoms with van der Waals surface area (Å²) in [5.41, 5.74) is 1.62. The van der Waals surface area contributed by atoms with Crippen molar-refractivity contribution < 1.29 is 14.3 Å². The van der Waals surface area contributed by atoms with E-state index in [1.807, 2.05) is 49.4 Å². The Morgan fingerprint density at radius 1 is 1.10 bits per heavy atom. The third-order valence-electron chi connectivity index (χ3n) is 3.94. The summed E-state index contributed by atoms with van der Waals surface area (Å²) in [7, 11) is 0. The van der Waals surface area contributed by atoms with Crippen molar-refractivity contribution in [3.63, 3.8) is 0 Å². The van der Waals surface area contributed by atoms with Gasteiger partial charge < -0.3 is 10.1 Å². The van der Waals surface area contributed by atoms with Gasteiger partial charge in [-0.05, 0) is 49.8 Å². The maximum absolute atomic E-state index is 12.4. The molecule has 2 N–H and O–H groups in total. The van der Waals surface area contributed by atoms with E-state index >= 15 is 0 Å². The highest BCUT2D eigenvalue weighted by Gasteiger charge is 2.18. The molecule has 0 spiro atoms. The zero-order valence-electron chi connectivity index (χ0n) is 17.1. The number of nitrogens with zero attached hydrogens (tertiary/aromatic N) is 2. The number of amides is 2. The molecule has 0 saturated carbocycles. The van der Waals surface area contributed by atoms with Gasteiger partial charge in [0.25, 0.3) is 0 Å². The Labute approximate surface area is 188 Å². The van der Waals surface area contributed by atoms with Crippen molar-refractivity contribution >= 4 is 51.8 Å². The van der Waals surface area contributed by atoms with Gasteiger partial charge in [0.05, 0.1) is 11.9 Å². The molecule has 1 atom stereocenters. The second-order valence-corrected chi connectivity index (χ2v) is 8.88. The number of carbonyl (C=O) groups is 2. The van der Waals surface area contributed by atoms with Crippen molar-refractivity contribution in [1.29, 1.82) is 0 Å². The van der Waals surface area contributed by atoms with Gasteiger partial charge in [0.15, 0.2) is 4.34 Å². The number of anilines is 2. The second-order valence-electron chi connectivity index (χ2n) is 6.31. The molecule has 0 aliphatic rings. The van der Waals surface area contributed by atoms with Crippen LogP contribution in [0.25, 0.3) is 6.08 Å². The molecule has 3 rings (SSSR count). The van der Waals surface area contributed by atoms with Crippen LogP contribution in [0.5, 0.6) is 5.75 Å². The van der Waals surface area contributed by atoms with Crippen LogP contribution in [-0.4, -0.2) is 33.9 Å². The van der Waals surface area contributed by atoms with Crippen molar-refractivity contribution in [1.82, 2.24) is 10.2 Å². The molecule has 160 valence electrons. The van der Waals surface area contributed by atoms with E-state index in [4.69, 9.17) is 4.74 Å². The van der Waals surface area contributed by atoms with E-state index in [2.05, 4.69) is 20.8 Å². The van der Waals surface area contributed by atoms with Crippen LogP contribution in [0.15, 0.2) is 65.0 Å². The largest absolute Gasteiger partial charge is 0.494 e. The highest BCUT2D eigenvalue weighted by Crippen LogP contribution is 2.29. The summed E-state index contributed by atoms with van der Waals surface area (Å²) in [5.74, 6) is 0.309. The number of carbonyl (C=O) groups excluding carboxylic acids is 2. The molecule has 0 aliphatic carbocycles. The van der Waals surface area contributed by atoms with Crippen LogP contribution in [0.3, 0.4) is 0 Å². The predicted molar refractivity (Wildman–Crippen MR) is 126 cm³/mol. The maximum atomic E-state index is 12.4. The van der Waals surface area contributed by atoms with Crippen molar-refractivity contribution in [3.8, 4) is 5.75 Å². The van der Waals surface area contributed by atoms with Crippen LogP contribution in [0.1, 0.15) is 19.4 Å². The molecule has 31 heavy (non-hydrogen) atoms. The molecule has 1 aromatic heterocycles. The van der Waals surface area contributed by atoms with Crippen LogP contribution < -0.4 is 15.4 Å². The molecule has 1 heterocycles. The van der Waals surface area contributed by atoms with Gasteiger partial charge in [-0.3, -0.25) is 14.9 Å². The van der Waals surface area contributed by atoms with Crippen molar-refractivity contribution in [2.75, 3.05) is 17.2 Å². The van der Waals surface area contributed by atoms with Gasteiger partial charge in [-0.1, -0.05) is 53.4 Å². The molecular formula is C22H22N4O3S2. The first kappa shape index (κ1) is 22.5. The zero-order chi connectivity index (χ0) is 22.1. The Balaban J connectivity index is 1.49. The molecule has 0 radical (unpaired) electrons. The van der Waals surface area contributed by atoms with Gasteiger partial charge in [0.1, 0.15) is 5.75 Å². The van der Waals surface area contributed by atoms with E-state index in [1.165, 1.54) is 29.2 Å². The van der Waals surface area contributed by atoms with E-state index < -0.39 is 0 Å². The molecule has 0 unspecified atom stereocenters. The van der Waals surface area contributed by atoms with E-state index in [0.29, 0.717) is 21.8 Å². The van der Waals surface area contributed by atoms with Gasteiger partial charge in [-0.15, -0.1) is 10.2 Å². The normalized spacial score (nSPS) is 11.8. The third-order valence-corrected chi connectivity index (χ3v) is 5.97. The van der Waals surface area contributed by atoms with Crippen molar-refractivity contribution in [3.05, 3.63) is 66.2 Å². The molecule has 7 nitrogen and oxygen atoms in total. The Morgan fingerprint density at radius 3 is 2.55 bits per heavy atom. The minimum atomic E-state index is -0.388. The van der Waals surface area contributed by atoms with Crippen LogP contribution >= 0.6 is 23.1 Å². The summed E-state index contributed by atoms with van der Waals surface area (Å²) in [4.78, 5) is 24.5. The molecule has 0 fully saturated rings. The van der Waals surface area contributed by atoms with Crippen LogP contribution in [0, 0.1) is 0 Å². The fraction of sp³-hybridized carbons (Fsp3) is 0.182. The number of thioether (sulfide) groups is 1. The smallest absolute Gasteiger partial charge is 0.250 e. The third kappa shape index (κ3) is 7.23. The number of rotatable bonds is 9. The van der Waals surface area contributed by atoms with Gasteiger partial charge >= 0.3 is 0 Å². The van der Waals surface area contributed by atoms with Gasteiger partial charge in [0.2, 0.25) is 16.9 Å². The standard InChI is InChI=1S/C22H22N4O3S2/c1-3-29-18-12-10-17(11-13-18)23-20(28)15(2)30-22-26-25-21(31-22)24-19(27)14-9-16-7-5-4-6-8-16/h4-15H,3H2,1-2H3,(H,23,28)(H,24,25,27)/b14-9+/t15-/m0/s1. The van der Waals surface area contributed by atoms with Crippen LogP contribution in [-0.2, 0) is 9.59 Å². The SMILES string of the molecule is CCOc1ccc(NC(=O)[C@H](C)Sc2nnc(NC(=O)/C=C/c3ccccc3)s2)cc1. The number of aromatic nitrogens is 2. The minimum Gasteiger partial charge on any atom is -0.494 e. The van der Waals surface area contributed by atoms with Crippen LogP contribution in [0.4, 0.5) is 10.8 Å². The predicted octanol–water partition coefficient (Wildman–Crippen LogP) is 4.71. The number of nitrogens with one attached hydrogen (secondary N) is 2. The molecule has 0 bridgehead atoms. The molecule has 9 heteroatoms. The molecule has 0 saturated heterocycles. The summed E-state index contributed by atoms with van der Waals surface area (Å²) in [6, 6.07) is 16.7. The zero-order valence-corrected chi connectivity index (χ0v) is 18.7. The van der Waals surface area contributed by atoms with Crippen molar-refractivity contribution in [2.24, 2.45) is 0 Å². The fourth-order valence-corrected chi connectivity index (χ4v) is 4.34. The van der Waals surface area contributed by atoms with E-state index in [-0.39, 0.29) is 17.1 Å². The van der Waals surface area contributed by atoms with Gasteiger partial charge in [0, 0.05) is 11.8 Å². The van der Waals surface area contributed by atoms with Gasteiger partial charge in [-0.25, -0.2) is 0 Å². The first-order chi connectivity index (χ1) is 15.0. The topological polar surface area (TPSA) is 93.2 Å².